The summed E-state index contributed by atoms with van der Waals surface area (Å²) in [5.41, 5.74) is 2.22. The summed E-state index contributed by atoms with van der Waals surface area (Å²) in [5.74, 6) is -2.39. The summed E-state index contributed by atoms with van der Waals surface area (Å²) in [7, 11) is 2.92. The summed E-state index contributed by atoms with van der Waals surface area (Å²) < 4.78 is 10.6. The molecule has 1 heterocycles. The monoisotopic (exact) mass is 521 g/mol. The zero-order valence-electron chi connectivity index (χ0n) is 20.3. The number of anilines is 1. The van der Waals surface area contributed by atoms with Crippen LogP contribution in [0.5, 0.6) is 11.5 Å². The first-order valence-corrected chi connectivity index (χ1v) is 11.6. The molecule has 190 valence electrons. The van der Waals surface area contributed by atoms with Crippen molar-refractivity contribution < 1.29 is 34.1 Å². The molecule has 3 aromatic rings. The number of carboxylic acids is 1. The normalized spacial score (nSPS) is 16.6. The van der Waals surface area contributed by atoms with Gasteiger partial charge in [-0.3, -0.25) is 19.3 Å². The van der Waals surface area contributed by atoms with Crippen LogP contribution >= 0.6 is 11.6 Å². The highest BCUT2D eigenvalue weighted by Gasteiger charge is 2.47. The second kappa shape index (κ2) is 10.4. The third-order valence-electron chi connectivity index (χ3n) is 6.09. The van der Waals surface area contributed by atoms with Crippen molar-refractivity contribution in [2.45, 2.75) is 19.4 Å². The van der Waals surface area contributed by atoms with Gasteiger partial charge in [-0.05, 0) is 60.0 Å². The number of aliphatic carboxylic acids is 1. The molecule has 4 rings (SSSR count). The number of benzene rings is 3. The van der Waals surface area contributed by atoms with Crippen molar-refractivity contribution in [2.24, 2.45) is 0 Å². The topological polar surface area (TPSA) is 113 Å². The predicted octanol–water partition coefficient (Wildman–Crippen LogP) is 4.92. The molecule has 1 fully saturated rings. The lowest BCUT2D eigenvalue weighted by atomic mass is 9.94. The summed E-state index contributed by atoms with van der Waals surface area (Å²) in [6.07, 6.45) is -0.186. The fourth-order valence-electron chi connectivity index (χ4n) is 4.41. The highest BCUT2D eigenvalue weighted by Crippen LogP contribution is 2.44. The van der Waals surface area contributed by atoms with Gasteiger partial charge in [0.2, 0.25) is 0 Å². The average Bonchev–Trinajstić information content (AvgIpc) is 3.13. The number of aryl methyl sites for hydroxylation is 1. The van der Waals surface area contributed by atoms with Gasteiger partial charge in [-0.15, -0.1) is 0 Å². The average molecular weight is 522 g/mol. The largest absolute Gasteiger partial charge is 0.507 e. The van der Waals surface area contributed by atoms with Crippen LogP contribution in [0.4, 0.5) is 5.69 Å². The van der Waals surface area contributed by atoms with Crippen LogP contribution in [-0.4, -0.2) is 42.1 Å². The Hall–Kier alpha value is -4.30. The van der Waals surface area contributed by atoms with Crippen molar-refractivity contribution in [2.75, 3.05) is 19.1 Å². The number of carbonyl (C=O) groups is 3. The lowest BCUT2D eigenvalue weighted by molar-refractivity contribution is -0.136. The maximum absolute atomic E-state index is 13.4. The summed E-state index contributed by atoms with van der Waals surface area (Å²) >= 11 is 6.34. The van der Waals surface area contributed by atoms with E-state index in [1.54, 1.807) is 67.6 Å². The number of carbonyl (C=O) groups excluding carboxylic acids is 2. The SMILES string of the molecule is COc1ccc(C2/C(=C(\O)c3cc(C)cc(Cl)c3OC)C(=O)C(=O)N2c2ccc(CC(=O)O)cc2)cc1. The molecular formula is C28H24ClNO7. The van der Waals surface area contributed by atoms with Crippen LogP contribution in [0, 0.1) is 6.92 Å². The van der Waals surface area contributed by atoms with E-state index in [-0.39, 0.29) is 28.3 Å². The number of aliphatic hydroxyl groups excluding tert-OH is 1. The molecular weight excluding hydrogens is 498 g/mol. The Kier molecular flexibility index (Phi) is 7.22. The molecule has 37 heavy (non-hydrogen) atoms. The van der Waals surface area contributed by atoms with Gasteiger partial charge in [-0.1, -0.05) is 35.9 Å². The number of hydrogen-bond acceptors (Lipinski definition) is 6. The zero-order valence-corrected chi connectivity index (χ0v) is 21.1. The quantitative estimate of drug-likeness (QED) is 0.258. The molecule has 1 aliphatic heterocycles. The molecule has 0 spiro atoms. The fraction of sp³-hybridized carbons (Fsp3) is 0.179. The second-order valence-electron chi connectivity index (χ2n) is 8.51. The molecule has 0 radical (unpaired) electrons. The van der Waals surface area contributed by atoms with E-state index in [9.17, 15) is 19.5 Å². The van der Waals surface area contributed by atoms with Crippen LogP contribution in [0.1, 0.15) is 28.3 Å². The second-order valence-corrected chi connectivity index (χ2v) is 8.91. The van der Waals surface area contributed by atoms with Crippen molar-refractivity contribution >= 4 is 40.7 Å². The molecule has 0 saturated carbocycles. The Morgan fingerprint density at radius 3 is 2.19 bits per heavy atom. The van der Waals surface area contributed by atoms with Crippen LogP contribution < -0.4 is 14.4 Å². The van der Waals surface area contributed by atoms with Gasteiger partial charge in [-0.2, -0.15) is 0 Å². The van der Waals surface area contributed by atoms with Crippen LogP contribution in [-0.2, 0) is 20.8 Å². The number of amides is 1. The number of carboxylic acid groups (broad SMARTS) is 1. The number of methoxy groups -OCH3 is 2. The number of aliphatic hydroxyl groups is 1. The number of nitrogens with zero attached hydrogens (tertiary/aromatic N) is 1. The van der Waals surface area contributed by atoms with E-state index in [2.05, 4.69) is 0 Å². The Morgan fingerprint density at radius 2 is 1.62 bits per heavy atom. The highest BCUT2D eigenvalue weighted by atomic mass is 35.5. The van der Waals surface area contributed by atoms with Crippen LogP contribution in [0.15, 0.2) is 66.2 Å². The lowest BCUT2D eigenvalue weighted by Gasteiger charge is -2.26. The number of Topliss-reactive ketones (excluding diaryl/α,β-unsaturated/α-hetero) is 1. The minimum absolute atomic E-state index is 0.134. The number of ether oxygens (including phenoxy) is 2. The van der Waals surface area contributed by atoms with Gasteiger partial charge in [0, 0.05) is 5.69 Å². The first-order valence-electron chi connectivity index (χ1n) is 11.3. The molecule has 1 atom stereocenters. The fourth-order valence-corrected chi connectivity index (χ4v) is 4.76. The van der Waals surface area contributed by atoms with Crippen molar-refractivity contribution in [1.82, 2.24) is 0 Å². The Balaban J connectivity index is 1.93. The molecule has 3 aromatic carbocycles. The van der Waals surface area contributed by atoms with Crippen molar-refractivity contribution in [3.8, 4) is 11.5 Å². The van der Waals surface area contributed by atoms with Gasteiger partial charge in [-0.25, -0.2) is 0 Å². The first-order chi connectivity index (χ1) is 17.7. The Labute approximate surface area is 218 Å². The molecule has 0 aliphatic carbocycles. The summed E-state index contributed by atoms with van der Waals surface area (Å²) in [5, 5.41) is 20.8. The zero-order chi connectivity index (χ0) is 26.9. The van der Waals surface area contributed by atoms with Gasteiger partial charge >= 0.3 is 5.97 Å². The van der Waals surface area contributed by atoms with Gasteiger partial charge in [0.05, 0.1) is 42.8 Å². The van der Waals surface area contributed by atoms with E-state index in [4.69, 9.17) is 26.2 Å². The Bertz CT molecular complexity index is 1410. The number of ketones is 1. The van der Waals surface area contributed by atoms with Crippen molar-refractivity contribution in [3.05, 3.63) is 93.5 Å². The molecule has 8 nitrogen and oxygen atoms in total. The van der Waals surface area contributed by atoms with Gasteiger partial charge in [0.25, 0.3) is 11.7 Å². The number of rotatable bonds is 7. The Morgan fingerprint density at radius 1 is 0.973 bits per heavy atom. The molecule has 9 heteroatoms. The molecule has 2 N–H and O–H groups in total. The molecule has 1 unspecified atom stereocenters. The van der Waals surface area contributed by atoms with E-state index < -0.39 is 29.5 Å². The van der Waals surface area contributed by atoms with Gasteiger partial charge < -0.3 is 19.7 Å². The summed E-state index contributed by atoms with van der Waals surface area (Å²) in [6, 6.07) is 15.4. The van der Waals surface area contributed by atoms with Crippen molar-refractivity contribution in [3.63, 3.8) is 0 Å². The standard InChI is InChI=1S/C28H24ClNO7/c1-15-12-20(27(37-3)21(29)13-15)25(33)23-24(17-6-10-19(36-2)11-7-17)30(28(35)26(23)34)18-8-4-16(5-9-18)14-22(31)32/h4-13,24,33H,14H2,1-3H3,(H,31,32)/b25-23+. The lowest BCUT2D eigenvalue weighted by Crippen LogP contribution is -2.29. The maximum atomic E-state index is 13.4. The molecule has 0 bridgehead atoms. The third kappa shape index (κ3) is 4.88. The third-order valence-corrected chi connectivity index (χ3v) is 6.37. The van der Waals surface area contributed by atoms with E-state index in [1.165, 1.54) is 19.1 Å². The maximum Gasteiger partial charge on any atom is 0.307 e. The van der Waals surface area contributed by atoms with E-state index in [0.29, 0.717) is 22.6 Å². The van der Waals surface area contributed by atoms with E-state index >= 15 is 0 Å². The van der Waals surface area contributed by atoms with Gasteiger partial charge in [0.15, 0.2) is 0 Å². The molecule has 1 amide bonds. The van der Waals surface area contributed by atoms with E-state index in [0.717, 1.165) is 5.56 Å². The smallest absolute Gasteiger partial charge is 0.307 e. The molecule has 1 saturated heterocycles. The first kappa shape index (κ1) is 25.8. The minimum Gasteiger partial charge on any atom is -0.507 e. The number of hydrogen-bond donors (Lipinski definition) is 2. The predicted molar refractivity (Wildman–Crippen MR) is 138 cm³/mol. The van der Waals surface area contributed by atoms with Gasteiger partial charge in [0.1, 0.15) is 17.3 Å². The summed E-state index contributed by atoms with van der Waals surface area (Å²) in [6.45, 7) is 1.78. The molecule has 1 aliphatic rings. The summed E-state index contributed by atoms with van der Waals surface area (Å²) in [4.78, 5) is 39.1. The molecule has 0 aromatic heterocycles. The highest BCUT2D eigenvalue weighted by molar-refractivity contribution is 6.51. The van der Waals surface area contributed by atoms with Crippen molar-refractivity contribution in [1.29, 1.82) is 0 Å². The van der Waals surface area contributed by atoms with E-state index in [1.807, 2.05) is 0 Å². The minimum atomic E-state index is -0.989. The number of halogens is 1. The van der Waals surface area contributed by atoms with Crippen LogP contribution in [0.25, 0.3) is 5.76 Å². The van der Waals surface area contributed by atoms with Crippen LogP contribution in [0.2, 0.25) is 5.02 Å². The van der Waals surface area contributed by atoms with Crippen LogP contribution in [0.3, 0.4) is 0 Å².